The van der Waals surface area contributed by atoms with Gasteiger partial charge in [-0.1, -0.05) is 0 Å². The molecule has 3 radical (unpaired) electrons. The molecule has 34 valence electrons. The van der Waals surface area contributed by atoms with E-state index in [0.717, 1.165) is 0 Å². The predicted molar refractivity (Wildman–Crippen MR) is 6.44 cm³/mol. The Kier molecular flexibility index (Phi) is 113. The molecule has 0 rings (SSSR count). The molecular formula is AgBaCeCuO. The van der Waals surface area contributed by atoms with Crippen molar-refractivity contribution >= 4 is 48.9 Å². The van der Waals surface area contributed by atoms with Crippen LogP contribution in [0.4, 0.5) is 0 Å². The van der Waals surface area contributed by atoms with E-state index in [-0.39, 0.29) is 108 Å². The Morgan fingerprint density at radius 1 is 1.20 bits per heavy atom. The van der Waals surface area contributed by atoms with Crippen molar-refractivity contribution in [1.82, 2.24) is 0 Å². The van der Waals surface area contributed by atoms with Crippen molar-refractivity contribution in [2.45, 2.75) is 0 Å². The van der Waals surface area contributed by atoms with Crippen molar-refractivity contribution in [3.8, 4) is 0 Å². The first-order valence-corrected chi connectivity index (χ1v) is 0.728. The summed E-state index contributed by atoms with van der Waals surface area (Å²) >= 11 is 1.70. The first-order chi connectivity index (χ1) is 1.00. The monoisotopic (exact) mass is 464 g/mol. The number of hydrogen-bond donors (Lipinski definition) is 0. The van der Waals surface area contributed by atoms with Crippen LogP contribution in [0.25, 0.3) is 0 Å². The number of hydrogen-bond acceptors (Lipinski definition) is 1. The van der Waals surface area contributed by atoms with Crippen molar-refractivity contribution in [1.29, 1.82) is 0 Å². The Bertz CT molecular complexity index is 11.6. The van der Waals surface area contributed by atoms with Gasteiger partial charge in [0.1, 0.15) is 0 Å². The molecule has 0 saturated carbocycles. The van der Waals surface area contributed by atoms with E-state index in [9.17, 15) is 0 Å². The molecule has 0 amide bonds. The first kappa shape index (κ1) is 23.0. The fourth-order valence-electron chi connectivity index (χ4n) is 0. The maximum atomic E-state index is 8.06. The second-order valence-corrected chi connectivity index (χ2v) is 0. The zero-order valence-electron chi connectivity index (χ0n) is 2.22. The zero-order valence-corrected chi connectivity index (χ0v) is 12.2. The second kappa shape index (κ2) is 24.5. The standard InChI is InChI=1S/Ag.Ba.Ce.Cu.O. The van der Waals surface area contributed by atoms with Crippen LogP contribution in [-0.4, -0.2) is 48.9 Å². The van der Waals surface area contributed by atoms with Gasteiger partial charge in [-0.2, -0.15) is 0 Å². The molecule has 0 bridgehead atoms. The van der Waals surface area contributed by atoms with E-state index in [2.05, 4.69) is 0 Å². The van der Waals surface area contributed by atoms with Gasteiger partial charge < -0.3 is 0 Å². The zero-order chi connectivity index (χ0) is 2.00. The van der Waals surface area contributed by atoms with E-state index in [1.165, 1.54) is 0 Å². The van der Waals surface area contributed by atoms with Crippen LogP contribution in [0.1, 0.15) is 0 Å². The third-order valence-electron chi connectivity index (χ3n) is 0. The molecule has 0 unspecified atom stereocenters. The Morgan fingerprint density at radius 2 is 1.20 bits per heavy atom. The molecular weight excluding hydrogens is 465 g/mol. The maximum absolute atomic E-state index is 8.06. The minimum atomic E-state index is 0. The molecule has 0 spiro atoms. The average molecular weight is 465 g/mol. The summed E-state index contributed by atoms with van der Waals surface area (Å²) in [7, 11) is 0. The summed E-state index contributed by atoms with van der Waals surface area (Å²) in [4.78, 5) is 0. The van der Waals surface area contributed by atoms with Crippen molar-refractivity contribution in [3.63, 3.8) is 0 Å². The molecule has 0 heterocycles. The molecule has 1 nitrogen and oxygen atoms in total. The number of rotatable bonds is 0. The van der Waals surface area contributed by atoms with Crippen LogP contribution in [0, 0.1) is 41.7 Å². The summed E-state index contributed by atoms with van der Waals surface area (Å²) in [6.07, 6.45) is 0. The summed E-state index contributed by atoms with van der Waals surface area (Å²) in [5.74, 6) is 0. The van der Waals surface area contributed by atoms with Crippen LogP contribution in [0.15, 0.2) is 0 Å². The fraction of sp³-hybridized carbons (Fsp3) is 0. The molecule has 0 fully saturated rings. The molecule has 0 aliphatic heterocycles. The minimum absolute atomic E-state index is 0. The van der Waals surface area contributed by atoms with E-state index in [1.807, 2.05) is 0 Å². The Labute approximate surface area is 128 Å². The van der Waals surface area contributed by atoms with Crippen LogP contribution in [0.5, 0.6) is 0 Å². The van der Waals surface area contributed by atoms with Gasteiger partial charge in [0.05, 0.1) is 0 Å². The molecule has 0 aromatic rings. The van der Waals surface area contributed by atoms with Crippen LogP contribution in [0.2, 0.25) is 0 Å². The molecule has 0 aromatic carbocycles. The molecule has 0 aromatic heterocycles. The third-order valence-corrected chi connectivity index (χ3v) is 0. The van der Waals surface area contributed by atoms with Crippen LogP contribution in [-0.2, 0) is 41.4 Å². The molecule has 0 saturated heterocycles. The summed E-state index contributed by atoms with van der Waals surface area (Å²) < 4.78 is 8.06. The molecule has 0 aliphatic carbocycles. The predicted octanol–water partition coefficient (Wildman–Crippen LogP) is -0.505. The first-order valence-electron chi connectivity index (χ1n) is 0.123. The van der Waals surface area contributed by atoms with E-state index in [0.29, 0.717) is 0 Å². The molecule has 0 aliphatic rings. The summed E-state index contributed by atoms with van der Waals surface area (Å²) in [5.41, 5.74) is 0. The fourth-order valence-corrected chi connectivity index (χ4v) is 0. The Hall–Kier alpha value is 4.01. The topological polar surface area (TPSA) is 17.1 Å². The summed E-state index contributed by atoms with van der Waals surface area (Å²) in [5, 5.41) is 0. The molecule has 5 heteroatoms. The normalized spacial score (nSPS) is 1.20. The van der Waals surface area contributed by atoms with E-state index < -0.39 is 0 Å². The van der Waals surface area contributed by atoms with E-state index in [4.69, 9.17) is 3.25 Å². The van der Waals surface area contributed by atoms with E-state index >= 15 is 0 Å². The Balaban J connectivity index is -0.00000000167. The van der Waals surface area contributed by atoms with Gasteiger partial charge in [0.2, 0.25) is 0 Å². The van der Waals surface area contributed by atoms with Gasteiger partial charge in [-0.25, -0.2) is 0 Å². The quantitative estimate of drug-likeness (QED) is 0.442. The van der Waals surface area contributed by atoms with E-state index in [1.54, 1.807) is 21.0 Å². The van der Waals surface area contributed by atoms with Crippen molar-refractivity contribution in [3.05, 3.63) is 0 Å². The van der Waals surface area contributed by atoms with Gasteiger partial charge >= 0.3 is 24.3 Å². The molecule has 0 N–H and O–H groups in total. The van der Waals surface area contributed by atoms with Crippen LogP contribution < -0.4 is 0 Å². The third kappa shape index (κ3) is 18.0. The van der Waals surface area contributed by atoms with Gasteiger partial charge in [0, 0.05) is 108 Å². The average Bonchev–Trinajstić information content (AvgIpc) is 1.00. The van der Waals surface area contributed by atoms with Gasteiger partial charge in [-0.3, -0.25) is 0 Å². The van der Waals surface area contributed by atoms with Gasteiger partial charge in [0.15, 0.2) is 0 Å². The summed E-state index contributed by atoms with van der Waals surface area (Å²) in [6, 6.07) is 0. The van der Waals surface area contributed by atoms with Gasteiger partial charge in [-0.05, 0) is 0 Å². The second-order valence-electron chi connectivity index (χ2n) is 0. The van der Waals surface area contributed by atoms with Crippen molar-refractivity contribution < 1.29 is 83.1 Å². The van der Waals surface area contributed by atoms with Crippen molar-refractivity contribution in [2.24, 2.45) is 0 Å². The van der Waals surface area contributed by atoms with Crippen LogP contribution in [0.3, 0.4) is 0 Å². The SMILES string of the molecule is [Ba].[Ce].[Cu].[O]=[Ag]. The van der Waals surface area contributed by atoms with Crippen molar-refractivity contribution in [2.75, 3.05) is 0 Å². The Morgan fingerprint density at radius 3 is 1.20 bits per heavy atom. The molecule has 0 atom stereocenters. The van der Waals surface area contributed by atoms with Crippen LogP contribution >= 0.6 is 0 Å². The molecule has 5 heavy (non-hydrogen) atoms. The van der Waals surface area contributed by atoms with Gasteiger partial charge in [-0.15, -0.1) is 0 Å². The summed E-state index contributed by atoms with van der Waals surface area (Å²) in [6.45, 7) is 0. The van der Waals surface area contributed by atoms with Gasteiger partial charge in [0.25, 0.3) is 0 Å².